The zero-order valence-corrected chi connectivity index (χ0v) is 16.0. The molecule has 1 N–H and O–H groups in total. The summed E-state index contributed by atoms with van der Waals surface area (Å²) < 4.78 is 2.00. The number of thioether (sulfide) groups is 1. The lowest BCUT2D eigenvalue weighted by Gasteiger charge is -2.11. The number of carbonyl (C=O) groups excluding carboxylic acids is 1. The van der Waals surface area contributed by atoms with Gasteiger partial charge in [-0.2, -0.15) is 0 Å². The fraction of sp³-hybridized carbons (Fsp3) is 0.250. The van der Waals surface area contributed by atoms with Gasteiger partial charge in [0.05, 0.1) is 5.75 Å². The summed E-state index contributed by atoms with van der Waals surface area (Å²) in [4.78, 5) is 12.0. The van der Waals surface area contributed by atoms with E-state index in [0.29, 0.717) is 10.9 Å². The molecule has 26 heavy (non-hydrogen) atoms. The third-order valence-electron chi connectivity index (χ3n) is 3.74. The van der Waals surface area contributed by atoms with Crippen LogP contribution in [-0.4, -0.2) is 32.5 Å². The van der Waals surface area contributed by atoms with Gasteiger partial charge in [-0.3, -0.25) is 9.36 Å². The average molecular weight is 366 g/mol. The number of aromatic nitrogens is 3. The van der Waals surface area contributed by atoms with E-state index in [0.717, 1.165) is 17.1 Å². The zero-order chi connectivity index (χ0) is 18.5. The molecule has 0 fully saturated rings. The van der Waals surface area contributed by atoms with Crippen molar-refractivity contribution in [2.75, 3.05) is 5.75 Å². The molecular formula is C20H22N4OS. The van der Waals surface area contributed by atoms with Crippen molar-refractivity contribution in [1.82, 2.24) is 20.1 Å². The summed E-state index contributed by atoms with van der Waals surface area (Å²) in [5.74, 6) is 1.06. The Morgan fingerprint density at radius 1 is 1.08 bits per heavy atom. The van der Waals surface area contributed by atoms with Gasteiger partial charge in [0.2, 0.25) is 5.91 Å². The van der Waals surface area contributed by atoms with Crippen LogP contribution in [-0.2, 0) is 4.79 Å². The van der Waals surface area contributed by atoms with E-state index in [2.05, 4.69) is 34.6 Å². The largest absolute Gasteiger partial charge is 0.353 e. The summed E-state index contributed by atoms with van der Waals surface area (Å²) >= 11 is 1.39. The third kappa shape index (κ3) is 4.32. The number of rotatable bonds is 6. The minimum atomic E-state index is -0.00952. The predicted molar refractivity (Wildman–Crippen MR) is 106 cm³/mol. The standard InChI is InChI=1S/C20H22N4OS/c1-14(2)21-18(25)13-26-20-23-22-19(16-7-5-4-6-8-16)24(20)17-11-9-15(3)10-12-17/h4-12,14H,13H2,1-3H3,(H,21,25). The minimum Gasteiger partial charge on any atom is -0.353 e. The Morgan fingerprint density at radius 3 is 2.42 bits per heavy atom. The second-order valence-corrected chi connectivity index (χ2v) is 7.30. The van der Waals surface area contributed by atoms with Gasteiger partial charge in [0, 0.05) is 17.3 Å². The lowest BCUT2D eigenvalue weighted by Crippen LogP contribution is -2.31. The van der Waals surface area contributed by atoms with Crippen LogP contribution in [0.25, 0.3) is 17.1 Å². The van der Waals surface area contributed by atoms with E-state index in [-0.39, 0.29) is 11.9 Å². The van der Waals surface area contributed by atoms with Crippen molar-refractivity contribution < 1.29 is 4.79 Å². The molecule has 0 aliphatic rings. The molecule has 6 heteroatoms. The molecule has 1 aromatic heterocycles. The molecule has 0 saturated heterocycles. The van der Waals surface area contributed by atoms with Crippen LogP contribution in [0.3, 0.4) is 0 Å². The molecule has 0 unspecified atom stereocenters. The van der Waals surface area contributed by atoms with Gasteiger partial charge in [-0.05, 0) is 32.9 Å². The van der Waals surface area contributed by atoms with Gasteiger partial charge < -0.3 is 5.32 Å². The summed E-state index contributed by atoms with van der Waals surface area (Å²) in [6, 6.07) is 18.3. The summed E-state index contributed by atoms with van der Waals surface area (Å²) in [6.07, 6.45) is 0. The quantitative estimate of drug-likeness (QED) is 0.673. The molecule has 0 saturated carbocycles. The molecule has 3 rings (SSSR count). The smallest absolute Gasteiger partial charge is 0.230 e. The molecule has 0 atom stereocenters. The zero-order valence-electron chi connectivity index (χ0n) is 15.1. The van der Waals surface area contributed by atoms with E-state index in [1.807, 2.05) is 60.9 Å². The Hall–Kier alpha value is -2.60. The molecule has 1 heterocycles. The van der Waals surface area contributed by atoms with Crippen molar-refractivity contribution >= 4 is 17.7 Å². The fourth-order valence-corrected chi connectivity index (χ4v) is 3.32. The van der Waals surface area contributed by atoms with E-state index in [1.54, 1.807) is 0 Å². The Bertz CT molecular complexity index is 873. The van der Waals surface area contributed by atoms with E-state index in [9.17, 15) is 4.79 Å². The fourth-order valence-electron chi connectivity index (χ4n) is 2.56. The first kappa shape index (κ1) is 18.2. The van der Waals surface area contributed by atoms with Crippen molar-refractivity contribution in [2.24, 2.45) is 0 Å². The minimum absolute atomic E-state index is 0.00952. The highest BCUT2D eigenvalue weighted by atomic mass is 32.2. The van der Waals surface area contributed by atoms with Crippen molar-refractivity contribution in [3.8, 4) is 17.1 Å². The maximum absolute atomic E-state index is 12.0. The van der Waals surface area contributed by atoms with Crippen LogP contribution in [0.1, 0.15) is 19.4 Å². The highest BCUT2D eigenvalue weighted by Gasteiger charge is 2.17. The van der Waals surface area contributed by atoms with Crippen molar-refractivity contribution in [2.45, 2.75) is 32.0 Å². The molecule has 0 aliphatic heterocycles. The number of amides is 1. The van der Waals surface area contributed by atoms with Gasteiger partial charge in [0.25, 0.3) is 0 Å². The number of nitrogens with zero attached hydrogens (tertiary/aromatic N) is 3. The maximum Gasteiger partial charge on any atom is 0.230 e. The van der Waals surface area contributed by atoms with E-state index >= 15 is 0 Å². The molecule has 2 aromatic carbocycles. The summed E-state index contributed by atoms with van der Waals surface area (Å²) in [6.45, 7) is 5.95. The molecule has 3 aromatic rings. The number of hydrogen-bond donors (Lipinski definition) is 1. The number of aryl methyl sites for hydroxylation is 1. The van der Waals surface area contributed by atoms with Gasteiger partial charge in [-0.25, -0.2) is 0 Å². The maximum atomic E-state index is 12.0. The molecular weight excluding hydrogens is 344 g/mol. The number of nitrogens with one attached hydrogen (secondary N) is 1. The molecule has 0 bridgehead atoms. The lowest BCUT2D eigenvalue weighted by atomic mass is 10.2. The first-order valence-electron chi connectivity index (χ1n) is 8.54. The molecule has 1 amide bonds. The van der Waals surface area contributed by atoms with Crippen molar-refractivity contribution in [1.29, 1.82) is 0 Å². The van der Waals surface area contributed by atoms with Crippen LogP contribution in [0.2, 0.25) is 0 Å². The third-order valence-corrected chi connectivity index (χ3v) is 4.67. The van der Waals surface area contributed by atoms with Gasteiger partial charge in [-0.1, -0.05) is 59.8 Å². The second-order valence-electron chi connectivity index (χ2n) is 6.35. The van der Waals surface area contributed by atoms with E-state index in [1.165, 1.54) is 17.3 Å². The van der Waals surface area contributed by atoms with E-state index in [4.69, 9.17) is 0 Å². The Morgan fingerprint density at radius 2 is 1.77 bits per heavy atom. The highest BCUT2D eigenvalue weighted by molar-refractivity contribution is 7.99. The predicted octanol–water partition coefficient (Wildman–Crippen LogP) is 3.86. The Labute approximate surface area is 157 Å². The topological polar surface area (TPSA) is 59.8 Å². The average Bonchev–Trinajstić information content (AvgIpc) is 3.05. The van der Waals surface area contributed by atoms with Crippen LogP contribution in [0.5, 0.6) is 0 Å². The summed E-state index contributed by atoms with van der Waals surface area (Å²) in [7, 11) is 0. The van der Waals surface area contributed by atoms with Crippen LogP contribution < -0.4 is 5.32 Å². The second kappa shape index (κ2) is 8.19. The van der Waals surface area contributed by atoms with Crippen LogP contribution in [0.15, 0.2) is 59.8 Å². The molecule has 134 valence electrons. The van der Waals surface area contributed by atoms with Crippen molar-refractivity contribution in [3.05, 3.63) is 60.2 Å². The number of benzene rings is 2. The van der Waals surface area contributed by atoms with Gasteiger partial charge in [0.15, 0.2) is 11.0 Å². The molecule has 5 nitrogen and oxygen atoms in total. The molecule has 0 aliphatic carbocycles. The monoisotopic (exact) mass is 366 g/mol. The lowest BCUT2D eigenvalue weighted by molar-refractivity contribution is -0.119. The molecule has 0 spiro atoms. The van der Waals surface area contributed by atoms with Crippen LogP contribution in [0, 0.1) is 6.92 Å². The summed E-state index contributed by atoms with van der Waals surface area (Å²) in [5.41, 5.74) is 3.15. The number of carbonyl (C=O) groups is 1. The van der Waals surface area contributed by atoms with E-state index < -0.39 is 0 Å². The normalized spacial score (nSPS) is 10.9. The molecule has 0 radical (unpaired) electrons. The first-order valence-corrected chi connectivity index (χ1v) is 9.53. The first-order chi connectivity index (χ1) is 12.5. The van der Waals surface area contributed by atoms with Crippen molar-refractivity contribution in [3.63, 3.8) is 0 Å². The highest BCUT2D eigenvalue weighted by Crippen LogP contribution is 2.28. The van der Waals surface area contributed by atoms with Crippen LogP contribution in [0.4, 0.5) is 0 Å². The van der Waals surface area contributed by atoms with Gasteiger partial charge in [0.1, 0.15) is 0 Å². The number of hydrogen-bond acceptors (Lipinski definition) is 4. The Kier molecular flexibility index (Phi) is 5.73. The Balaban J connectivity index is 1.95. The SMILES string of the molecule is Cc1ccc(-n2c(SCC(=O)NC(C)C)nnc2-c2ccccc2)cc1. The van der Waals surface area contributed by atoms with Gasteiger partial charge in [-0.15, -0.1) is 10.2 Å². The van der Waals surface area contributed by atoms with Crippen LogP contribution >= 0.6 is 11.8 Å². The summed E-state index contributed by atoms with van der Waals surface area (Å²) in [5, 5.41) is 12.3. The van der Waals surface area contributed by atoms with Gasteiger partial charge >= 0.3 is 0 Å².